The van der Waals surface area contributed by atoms with Gasteiger partial charge in [0.25, 0.3) is 0 Å². The molecule has 0 spiro atoms. The van der Waals surface area contributed by atoms with E-state index in [4.69, 9.17) is 4.74 Å². The number of hydrogen-bond donors (Lipinski definition) is 2. The monoisotopic (exact) mass is 390 g/mol. The van der Waals surface area contributed by atoms with Gasteiger partial charge < -0.3 is 9.47 Å². The summed E-state index contributed by atoms with van der Waals surface area (Å²) in [5.74, 6) is 0. The summed E-state index contributed by atoms with van der Waals surface area (Å²) in [5.41, 5.74) is 2.21. The van der Waals surface area contributed by atoms with E-state index in [0.717, 1.165) is 0 Å². The third-order valence-corrected chi connectivity index (χ3v) is 6.17. The topological polar surface area (TPSA) is 93.7 Å². The van der Waals surface area contributed by atoms with E-state index in [1.54, 1.807) is 7.11 Å². The van der Waals surface area contributed by atoms with Gasteiger partial charge in [-0.05, 0) is 35.4 Å². The fraction of sp³-hybridized carbons (Fsp3) is 0.316. The van der Waals surface area contributed by atoms with Gasteiger partial charge in [-0.15, -0.1) is 0 Å². The lowest BCUT2D eigenvalue weighted by atomic mass is 10.0. The van der Waals surface area contributed by atoms with E-state index in [0.29, 0.717) is 18.5 Å². The summed E-state index contributed by atoms with van der Waals surface area (Å²) < 4.78 is 38.1. The zero-order valence-electron chi connectivity index (χ0n) is 15.2. The average molecular weight is 390 g/mol. The highest BCUT2D eigenvalue weighted by molar-refractivity contribution is 7.89. The first kappa shape index (κ1) is 19.3. The van der Waals surface area contributed by atoms with Gasteiger partial charge in [0.1, 0.15) is 0 Å². The van der Waals surface area contributed by atoms with Crippen molar-refractivity contribution in [2.45, 2.75) is 23.3 Å². The Morgan fingerprint density at radius 2 is 1.63 bits per heavy atom. The number of carbonyl (C=O) groups excluding carboxylic acids is 1. The number of anilines is 1. The maximum atomic E-state index is 12.6. The van der Waals surface area contributed by atoms with Crippen molar-refractivity contribution in [1.82, 2.24) is 4.72 Å². The molecule has 1 aliphatic carbocycles. The van der Waals surface area contributed by atoms with E-state index in [2.05, 4.69) is 14.8 Å². The van der Waals surface area contributed by atoms with Crippen LogP contribution in [0.1, 0.15) is 11.1 Å². The van der Waals surface area contributed by atoms with Crippen LogP contribution in [0, 0.1) is 0 Å². The summed E-state index contributed by atoms with van der Waals surface area (Å²) >= 11 is 0. The molecular formula is C19H22N2O5S. The molecule has 144 valence electrons. The minimum atomic E-state index is -3.71. The summed E-state index contributed by atoms with van der Waals surface area (Å²) in [6.45, 7) is 0.169. The standard InChI is InChI=1S/C19H22N2O5S/c1-25-18(22)21-16-7-9-17(10-8-16)27(23,24)20-13-19(26-2)11-14-5-3-4-6-15(14)12-19/h3-10,20H,11-13H2,1-2H3,(H,21,22). The molecule has 2 aromatic rings. The van der Waals surface area contributed by atoms with Gasteiger partial charge in [-0.2, -0.15) is 0 Å². The lowest BCUT2D eigenvalue weighted by molar-refractivity contribution is 0.00378. The summed E-state index contributed by atoms with van der Waals surface area (Å²) in [4.78, 5) is 11.3. The number of benzene rings is 2. The van der Waals surface area contributed by atoms with Crippen molar-refractivity contribution < 1.29 is 22.7 Å². The summed E-state index contributed by atoms with van der Waals surface area (Å²) in [6.07, 6.45) is 0.695. The second-order valence-electron chi connectivity index (χ2n) is 6.47. The highest BCUT2D eigenvalue weighted by Crippen LogP contribution is 2.32. The maximum absolute atomic E-state index is 12.6. The molecule has 27 heavy (non-hydrogen) atoms. The Morgan fingerprint density at radius 3 is 2.15 bits per heavy atom. The lowest BCUT2D eigenvalue weighted by Crippen LogP contribution is -2.45. The molecular weight excluding hydrogens is 368 g/mol. The van der Waals surface area contributed by atoms with Crippen molar-refractivity contribution in [2.75, 3.05) is 26.1 Å². The van der Waals surface area contributed by atoms with Gasteiger partial charge in [0, 0.05) is 32.2 Å². The molecule has 0 unspecified atom stereocenters. The Hall–Kier alpha value is -2.42. The van der Waals surface area contributed by atoms with Crippen LogP contribution in [0.3, 0.4) is 0 Å². The van der Waals surface area contributed by atoms with Crippen LogP contribution in [-0.4, -0.2) is 40.9 Å². The molecule has 7 nitrogen and oxygen atoms in total. The Balaban J connectivity index is 1.69. The zero-order chi connectivity index (χ0) is 19.5. The Labute approximate surface area is 158 Å². The predicted molar refractivity (Wildman–Crippen MR) is 101 cm³/mol. The van der Waals surface area contributed by atoms with Gasteiger partial charge in [-0.3, -0.25) is 5.32 Å². The van der Waals surface area contributed by atoms with Gasteiger partial charge in [-0.1, -0.05) is 24.3 Å². The first-order valence-electron chi connectivity index (χ1n) is 8.44. The fourth-order valence-electron chi connectivity index (χ4n) is 3.20. The van der Waals surface area contributed by atoms with E-state index >= 15 is 0 Å². The van der Waals surface area contributed by atoms with E-state index in [9.17, 15) is 13.2 Å². The van der Waals surface area contributed by atoms with E-state index in [1.165, 1.54) is 42.5 Å². The zero-order valence-corrected chi connectivity index (χ0v) is 16.0. The Kier molecular flexibility index (Phi) is 5.50. The van der Waals surface area contributed by atoms with Crippen molar-refractivity contribution >= 4 is 21.8 Å². The normalized spacial score (nSPS) is 15.2. The molecule has 0 atom stereocenters. The number of fused-ring (bicyclic) bond motifs is 1. The molecule has 0 fully saturated rings. The smallest absolute Gasteiger partial charge is 0.411 e. The van der Waals surface area contributed by atoms with Crippen molar-refractivity contribution in [3.63, 3.8) is 0 Å². The first-order chi connectivity index (χ1) is 12.9. The van der Waals surface area contributed by atoms with Crippen molar-refractivity contribution in [3.05, 3.63) is 59.7 Å². The van der Waals surface area contributed by atoms with E-state index in [-0.39, 0.29) is 11.4 Å². The molecule has 3 rings (SSSR count). The molecule has 0 bridgehead atoms. The molecule has 2 aromatic carbocycles. The molecule has 2 N–H and O–H groups in total. The molecule has 0 aromatic heterocycles. The van der Waals surface area contributed by atoms with Gasteiger partial charge in [-0.25, -0.2) is 17.9 Å². The van der Waals surface area contributed by atoms with Gasteiger partial charge in [0.15, 0.2) is 0 Å². The summed E-state index contributed by atoms with van der Waals surface area (Å²) in [6, 6.07) is 13.9. The number of nitrogens with one attached hydrogen (secondary N) is 2. The highest BCUT2D eigenvalue weighted by atomic mass is 32.2. The number of sulfonamides is 1. The molecule has 0 aliphatic heterocycles. The minimum Gasteiger partial charge on any atom is -0.453 e. The molecule has 1 amide bonds. The van der Waals surface area contributed by atoms with Crippen molar-refractivity contribution in [2.24, 2.45) is 0 Å². The van der Waals surface area contributed by atoms with Crippen LogP contribution in [0.15, 0.2) is 53.4 Å². The molecule has 0 radical (unpaired) electrons. The lowest BCUT2D eigenvalue weighted by Gasteiger charge is -2.27. The molecule has 8 heteroatoms. The highest BCUT2D eigenvalue weighted by Gasteiger charge is 2.38. The SMILES string of the molecule is COC(=O)Nc1ccc(S(=O)(=O)NCC2(OC)Cc3ccccc3C2)cc1. The van der Waals surface area contributed by atoms with Crippen LogP contribution in [0.25, 0.3) is 0 Å². The summed E-state index contributed by atoms with van der Waals surface area (Å²) in [7, 11) is -0.848. The predicted octanol–water partition coefficient (Wildman–Crippen LogP) is 2.33. The van der Waals surface area contributed by atoms with Crippen LogP contribution in [0.2, 0.25) is 0 Å². The van der Waals surface area contributed by atoms with Gasteiger partial charge >= 0.3 is 6.09 Å². The largest absolute Gasteiger partial charge is 0.453 e. The summed E-state index contributed by atoms with van der Waals surface area (Å²) in [5, 5.41) is 2.48. The minimum absolute atomic E-state index is 0.111. The van der Waals surface area contributed by atoms with Crippen LogP contribution in [0.4, 0.5) is 10.5 Å². The second kappa shape index (κ2) is 7.67. The number of rotatable bonds is 6. The molecule has 0 heterocycles. The van der Waals surface area contributed by atoms with E-state index < -0.39 is 21.7 Å². The number of hydrogen-bond acceptors (Lipinski definition) is 5. The van der Waals surface area contributed by atoms with Crippen molar-refractivity contribution in [3.8, 4) is 0 Å². The number of amides is 1. The molecule has 0 saturated heterocycles. The molecule has 1 aliphatic rings. The Bertz CT molecular complexity index is 900. The Morgan fingerprint density at radius 1 is 1.04 bits per heavy atom. The van der Waals surface area contributed by atoms with Gasteiger partial charge in [0.05, 0.1) is 17.6 Å². The van der Waals surface area contributed by atoms with Gasteiger partial charge in [0.2, 0.25) is 10.0 Å². The third-order valence-electron chi connectivity index (χ3n) is 4.76. The van der Waals surface area contributed by atoms with Crippen LogP contribution >= 0.6 is 0 Å². The quantitative estimate of drug-likeness (QED) is 0.790. The van der Waals surface area contributed by atoms with Crippen LogP contribution < -0.4 is 10.0 Å². The fourth-order valence-corrected chi connectivity index (χ4v) is 4.31. The molecule has 0 saturated carbocycles. The van der Waals surface area contributed by atoms with Crippen LogP contribution in [0.5, 0.6) is 0 Å². The average Bonchev–Trinajstić information content (AvgIpc) is 3.06. The first-order valence-corrected chi connectivity index (χ1v) is 9.92. The maximum Gasteiger partial charge on any atom is 0.411 e. The third kappa shape index (κ3) is 4.29. The number of carbonyl (C=O) groups is 1. The number of ether oxygens (including phenoxy) is 2. The second-order valence-corrected chi connectivity index (χ2v) is 8.24. The van der Waals surface area contributed by atoms with Crippen molar-refractivity contribution in [1.29, 1.82) is 0 Å². The van der Waals surface area contributed by atoms with E-state index in [1.807, 2.05) is 24.3 Å². The number of methoxy groups -OCH3 is 2. The van der Waals surface area contributed by atoms with Crippen LogP contribution in [-0.2, 0) is 32.3 Å².